The number of fused-ring (bicyclic) bond motifs is 8. The van der Waals surface area contributed by atoms with Crippen LogP contribution in [0.2, 0.25) is 0 Å². The highest BCUT2D eigenvalue weighted by Gasteiger charge is 2.66. The predicted molar refractivity (Wildman–Crippen MR) is 255 cm³/mol. The van der Waals surface area contributed by atoms with E-state index in [1.54, 1.807) is 0 Å². The molecule has 7 aromatic rings. The van der Waals surface area contributed by atoms with Gasteiger partial charge in [0, 0.05) is 11.5 Å². The van der Waals surface area contributed by atoms with E-state index in [0.29, 0.717) is 17.7 Å². The topological polar surface area (TPSA) is 26.3 Å². The van der Waals surface area contributed by atoms with Crippen LogP contribution < -0.4 is 0 Å². The molecule has 0 heterocycles. The number of benzene rings is 7. The van der Waals surface area contributed by atoms with Gasteiger partial charge in [-0.15, -0.1) is 0 Å². The molecule has 1 unspecified atom stereocenters. The van der Waals surface area contributed by atoms with E-state index in [9.17, 15) is 4.79 Å². The summed E-state index contributed by atoms with van der Waals surface area (Å²) in [5.41, 5.74) is 11.0. The number of unbranched alkanes of at least 4 members (excludes halogenated alkanes) is 1. The minimum Gasteiger partial charge on any atom is -0.463 e. The highest BCUT2D eigenvalue weighted by atomic mass is 35.6. The second-order valence-corrected chi connectivity index (χ2v) is 20.3. The van der Waals surface area contributed by atoms with Crippen molar-refractivity contribution in [2.45, 2.75) is 44.6 Å². The van der Waals surface area contributed by atoms with Crippen LogP contribution in [0.1, 0.15) is 48.4 Å². The van der Waals surface area contributed by atoms with E-state index in [4.69, 9.17) is 74.3 Å². The zero-order valence-electron chi connectivity index (χ0n) is 32.6. The van der Waals surface area contributed by atoms with Crippen LogP contribution >= 0.6 is 69.6 Å². The maximum Gasteiger partial charge on any atom is 0.330 e. The van der Waals surface area contributed by atoms with Gasteiger partial charge < -0.3 is 4.74 Å². The highest BCUT2D eigenvalue weighted by molar-refractivity contribution is 6.74. The molecule has 0 saturated carbocycles. The maximum absolute atomic E-state index is 11.8. The molecule has 0 bridgehead atoms. The van der Waals surface area contributed by atoms with Crippen LogP contribution in [0.15, 0.2) is 158 Å². The van der Waals surface area contributed by atoms with E-state index < -0.39 is 24.4 Å². The van der Waals surface area contributed by atoms with E-state index >= 15 is 0 Å². The van der Waals surface area contributed by atoms with Crippen LogP contribution in [0.25, 0.3) is 66.1 Å². The first-order valence-electron chi connectivity index (χ1n) is 19.8. The third-order valence-corrected chi connectivity index (χ3v) is 14.3. The third-order valence-electron chi connectivity index (χ3n) is 12.6. The Kier molecular flexibility index (Phi) is 10.5. The molecule has 0 amide bonds. The van der Waals surface area contributed by atoms with E-state index in [2.05, 4.69) is 117 Å². The summed E-state index contributed by atoms with van der Waals surface area (Å²) in [7, 11) is 0. The quantitative estimate of drug-likeness (QED) is 0.0360. The molecule has 1 atom stereocenters. The summed E-state index contributed by atoms with van der Waals surface area (Å²) in [6.45, 7) is 10.6. The van der Waals surface area contributed by atoms with Gasteiger partial charge in [-0.05, 0) is 127 Å². The molecule has 8 heteroatoms. The molecular weight excluding hydrogens is 869 g/mol. The highest BCUT2D eigenvalue weighted by Crippen LogP contribution is 2.68. The SMILES string of the molecule is C=CC(=O)OCCCCC1(C(=C)C)c2ccccc2-c2ccc(-c3c4ccccc4c(-c4ccc5c(c4)C(C(Cl)(Cl)Cl)(C(Cl)(Cl)Cl)c4ccccc4-5)c4ccccc34)cc21. The van der Waals surface area contributed by atoms with Crippen LogP contribution in [0, 0.1) is 0 Å². The molecule has 0 fully saturated rings. The summed E-state index contributed by atoms with van der Waals surface area (Å²) in [5.74, 6) is -0.406. The van der Waals surface area contributed by atoms with E-state index in [0.717, 1.165) is 79.8 Å². The number of carbonyl (C=O) groups is 1. The lowest BCUT2D eigenvalue weighted by atomic mass is 9.69. The molecule has 60 heavy (non-hydrogen) atoms. The summed E-state index contributed by atoms with van der Waals surface area (Å²) in [6.07, 6.45) is 3.57. The summed E-state index contributed by atoms with van der Waals surface area (Å²) in [5, 5.41) is 4.28. The number of carbonyl (C=O) groups excluding carboxylic acids is 1. The van der Waals surface area contributed by atoms with Crippen molar-refractivity contribution in [3.63, 3.8) is 0 Å². The Hall–Kier alpha value is -4.25. The second kappa shape index (κ2) is 15.3. The van der Waals surface area contributed by atoms with Crippen molar-refractivity contribution in [3.8, 4) is 44.5 Å². The van der Waals surface area contributed by atoms with Crippen LogP contribution in [-0.2, 0) is 20.4 Å². The normalized spacial score (nSPS) is 16.2. The third kappa shape index (κ3) is 6.09. The first-order valence-corrected chi connectivity index (χ1v) is 22.0. The summed E-state index contributed by atoms with van der Waals surface area (Å²) in [6, 6.07) is 46.4. The van der Waals surface area contributed by atoms with Crippen LogP contribution in [0.5, 0.6) is 0 Å². The van der Waals surface area contributed by atoms with E-state index in [-0.39, 0.29) is 0 Å². The van der Waals surface area contributed by atoms with Crippen molar-refractivity contribution in [1.29, 1.82) is 0 Å². The van der Waals surface area contributed by atoms with Gasteiger partial charge in [-0.2, -0.15) is 0 Å². The van der Waals surface area contributed by atoms with Gasteiger partial charge in [0.15, 0.2) is 0 Å². The Labute approximate surface area is 380 Å². The van der Waals surface area contributed by atoms with E-state index in [1.807, 2.05) is 36.4 Å². The molecule has 300 valence electrons. The average Bonchev–Trinajstić information content (AvgIpc) is 3.70. The monoisotopic (exact) mass is 904 g/mol. The zero-order chi connectivity index (χ0) is 42.2. The lowest BCUT2D eigenvalue weighted by Crippen LogP contribution is -2.50. The smallest absolute Gasteiger partial charge is 0.330 e. The molecule has 0 saturated heterocycles. The molecule has 7 aromatic carbocycles. The van der Waals surface area contributed by atoms with Gasteiger partial charge >= 0.3 is 5.97 Å². The van der Waals surface area contributed by atoms with Gasteiger partial charge in [0.2, 0.25) is 7.59 Å². The Balaban J connectivity index is 1.25. The molecule has 0 radical (unpaired) electrons. The van der Waals surface area contributed by atoms with Gasteiger partial charge in [-0.3, -0.25) is 0 Å². The minimum atomic E-state index is -2.03. The van der Waals surface area contributed by atoms with Gasteiger partial charge in [0.05, 0.1) is 6.61 Å². The second-order valence-electron chi connectivity index (χ2n) is 15.7. The van der Waals surface area contributed by atoms with Gasteiger partial charge in [-0.1, -0.05) is 210 Å². The van der Waals surface area contributed by atoms with Crippen molar-refractivity contribution >= 4 is 97.1 Å². The number of allylic oxidation sites excluding steroid dienone is 1. The Morgan fingerprint density at radius 2 is 1.02 bits per heavy atom. The summed E-state index contributed by atoms with van der Waals surface area (Å²) in [4.78, 5) is 11.8. The maximum atomic E-state index is 11.8. The number of halogens is 6. The fourth-order valence-electron chi connectivity index (χ4n) is 10.1. The number of alkyl halides is 6. The van der Waals surface area contributed by atoms with Gasteiger partial charge in [0.25, 0.3) is 0 Å². The molecule has 0 spiro atoms. The van der Waals surface area contributed by atoms with Crippen molar-refractivity contribution in [2.75, 3.05) is 6.61 Å². The predicted octanol–water partition coefficient (Wildman–Crippen LogP) is 16.1. The van der Waals surface area contributed by atoms with Crippen LogP contribution in [0.4, 0.5) is 0 Å². The zero-order valence-corrected chi connectivity index (χ0v) is 37.1. The van der Waals surface area contributed by atoms with Crippen LogP contribution in [-0.4, -0.2) is 20.2 Å². The molecule has 9 rings (SSSR count). The number of ether oxygens (including phenoxy) is 1. The van der Waals surface area contributed by atoms with Crippen molar-refractivity contribution < 1.29 is 9.53 Å². The molecule has 0 N–H and O–H groups in total. The Morgan fingerprint density at radius 3 is 1.52 bits per heavy atom. The molecule has 2 nitrogen and oxygen atoms in total. The van der Waals surface area contributed by atoms with Gasteiger partial charge in [0.1, 0.15) is 5.41 Å². The first-order chi connectivity index (χ1) is 28.8. The number of esters is 1. The first kappa shape index (κ1) is 41.1. The van der Waals surface area contributed by atoms with Crippen molar-refractivity contribution in [3.05, 3.63) is 181 Å². The number of rotatable bonds is 9. The van der Waals surface area contributed by atoms with Crippen molar-refractivity contribution in [1.82, 2.24) is 0 Å². The molecule has 2 aliphatic rings. The summed E-state index contributed by atoms with van der Waals surface area (Å²) >= 11 is 41.6. The molecule has 0 aliphatic heterocycles. The minimum absolute atomic E-state index is 0.336. The fourth-order valence-corrected chi connectivity index (χ4v) is 12.7. The standard InChI is InChI=1S/C52H38Cl6O2/c1-4-46(59)60-28-14-13-27-49(31(2)3)42-21-11-9-15-34(42)36-25-23-32(29-44(36)49)47-38-17-5-7-19-40(38)48(41-20-8-6-18-39(41)47)33-24-26-37-35-16-10-12-22-43(35)50(45(37)30-33,51(53,54)55)52(56,57)58/h4-12,15-26,29-30H,1-2,13-14,27-28H2,3H3. The van der Waals surface area contributed by atoms with E-state index in [1.165, 1.54) is 28.3 Å². The van der Waals surface area contributed by atoms with Crippen molar-refractivity contribution in [2.24, 2.45) is 0 Å². The molecule has 0 aromatic heterocycles. The summed E-state index contributed by atoms with van der Waals surface area (Å²) < 4.78 is 1.29. The average molecular weight is 908 g/mol. The molecular formula is C52H38Cl6O2. The Bertz CT molecular complexity index is 2850. The lowest BCUT2D eigenvalue weighted by Gasteiger charge is -2.43. The lowest BCUT2D eigenvalue weighted by molar-refractivity contribution is -0.137. The number of hydrogen-bond donors (Lipinski definition) is 0. The number of hydrogen-bond acceptors (Lipinski definition) is 2. The molecule has 2 aliphatic carbocycles. The Morgan fingerprint density at radius 1 is 0.583 bits per heavy atom. The van der Waals surface area contributed by atoms with Crippen LogP contribution in [0.3, 0.4) is 0 Å². The van der Waals surface area contributed by atoms with Gasteiger partial charge in [-0.25, -0.2) is 4.79 Å². The fraction of sp³-hybridized carbons (Fsp3) is 0.173. The largest absolute Gasteiger partial charge is 0.463 e.